The van der Waals surface area contributed by atoms with E-state index in [9.17, 15) is 4.79 Å². The molecule has 0 aliphatic carbocycles. The van der Waals surface area contributed by atoms with Gasteiger partial charge in [0.2, 0.25) is 0 Å². The normalized spacial score (nSPS) is 11.9. The molecule has 0 aliphatic heterocycles. The number of carbonyl (C=O) groups is 1. The van der Waals surface area contributed by atoms with Gasteiger partial charge in [0.25, 0.3) is 5.91 Å². The van der Waals surface area contributed by atoms with Gasteiger partial charge in [-0.1, -0.05) is 42.8 Å². The first-order valence-electron chi connectivity index (χ1n) is 11.1. The summed E-state index contributed by atoms with van der Waals surface area (Å²) in [5, 5.41) is 15.2. The molecule has 2 heterocycles. The molecule has 0 bridgehead atoms. The standard InChI is InChI=1S/C26H28N6O/c1-6-25-29-30-31-32(25)23-14-21(20-10-7-16(2)8-11-20)13-22(15-23)26(33)28-19(5)24-12-9-17(3)27-18(24)4/h7-15,19H,6H2,1-5H3,(H,28,33). The SMILES string of the molecule is CCc1nnnn1-c1cc(C(=O)NC(C)c2ccc(C)nc2C)cc(-c2ccc(C)cc2)c1. The highest BCUT2D eigenvalue weighted by atomic mass is 16.1. The van der Waals surface area contributed by atoms with Gasteiger partial charge in [-0.3, -0.25) is 9.78 Å². The first-order valence-corrected chi connectivity index (χ1v) is 11.1. The van der Waals surface area contributed by atoms with Crippen molar-refractivity contribution in [2.75, 3.05) is 0 Å². The van der Waals surface area contributed by atoms with Crippen molar-refractivity contribution < 1.29 is 4.79 Å². The molecule has 0 radical (unpaired) electrons. The van der Waals surface area contributed by atoms with Gasteiger partial charge in [0, 0.05) is 23.4 Å². The smallest absolute Gasteiger partial charge is 0.251 e. The Morgan fingerprint density at radius 3 is 2.45 bits per heavy atom. The van der Waals surface area contributed by atoms with Crippen molar-refractivity contribution in [1.29, 1.82) is 0 Å². The van der Waals surface area contributed by atoms with Gasteiger partial charge in [-0.2, -0.15) is 4.68 Å². The molecule has 0 saturated heterocycles. The molecule has 0 aliphatic rings. The van der Waals surface area contributed by atoms with E-state index in [4.69, 9.17) is 0 Å². The number of aryl methyl sites for hydroxylation is 4. The van der Waals surface area contributed by atoms with Crippen molar-refractivity contribution in [3.8, 4) is 16.8 Å². The van der Waals surface area contributed by atoms with Gasteiger partial charge in [0.15, 0.2) is 5.82 Å². The van der Waals surface area contributed by atoms with E-state index in [0.29, 0.717) is 12.0 Å². The third-order valence-electron chi connectivity index (χ3n) is 5.74. The highest BCUT2D eigenvalue weighted by Gasteiger charge is 2.17. The van der Waals surface area contributed by atoms with Crippen LogP contribution in [-0.4, -0.2) is 31.1 Å². The fourth-order valence-electron chi connectivity index (χ4n) is 3.92. The first-order chi connectivity index (χ1) is 15.9. The molecular weight excluding hydrogens is 412 g/mol. The second-order valence-corrected chi connectivity index (χ2v) is 8.32. The highest BCUT2D eigenvalue weighted by Crippen LogP contribution is 2.26. The summed E-state index contributed by atoms with van der Waals surface area (Å²) in [6, 6.07) is 17.8. The van der Waals surface area contributed by atoms with Crippen LogP contribution in [0.4, 0.5) is 0 Å². The van der Waals surface area contributed by atoms with Crippen LogP contribution < -0.4 is 5.32 Å². The Labute approximate surface area is 193 Å². The molecule has 4 rings (SSSR count). The lowest BCUT2D eigenvalue weighted by Crippen LogP contribution is -2.27. The Morgan fingerprint density at radius 2 is 1.76 bits per heavy atom. The van der Waals surface area contributed by atoms with Gasteiger partial charge in [-0.05, 0) is 79.1 Å². The minimum atomic E-state index is -0.184. The monoisotopic (exact) mass is 440 g/mol. The maximum absolute atomic E-state index is 13.3. The largest absolute Gasteiger partial charge is 0.345 e. The predicted octanol–water partition coefficient (Wildman–Crippen LogP) is 4.70. The number of tetrazole rings is 1. The van der Waals surface area contributed by atoms with Crippen LogP contribution in [0.15, 0.2) is 54.6 Å². The van der Waals surface area contributed by atoms with Crippen molar-refractivity contribution in [2.45, 2.75) is 47.1 Å². The molecule has 4 aromatic rings. The Morgan fingerprint density at radius 1 is 1.00 bits per heavy atom. The number of nitrogens with one attached hydrogen (secondary N) is 1. The summed E-state index contributed by atoms with van der Waals surface area (Å²) in [7, 11) is 0. The Balaban J connectivity index is 1.73. The van der Waals surface area contributed by atoms with Crippen LogP contribution >= 0.6 is 0 Å². The summed E-state index contributed by atoms with van der Waals surface area (Å²) in [5.74, 6) is 0.570. The minimum Gasteiger partial charge on any atom is -0.345 e. The second-order valence-electron chi connectivity index (χ2n) is 8.32. The molecule has 1 atom stereocenters. The Kier molecular flexibility index (Phi) is 6.31. The molecule has 0 fully saturated rings. The van der Waals surface area contributed by atoms with Crippen molar-refractivity contribution >= 4 is 5.91 Å². The molecule has 1 amide bonds. The average molecular weight is 441 g/mol. The quantitative estimate of drug-likeness (QED) is 0.470. The van der Waals surface area contributed by atoms with Gasteiger partial charge in [0.1, 0.15) is 0 Å². The van der Waals surface area contributed by atoms with E-state index >= 15 is 0 Å². The van der Waals surface area contributed by atoms with Crippen LogP contribution in [0.3, 0.4) is 0 Å². The summed E-state index contributed by atoms with van der Waals surface area (Å²) in [6.45, 7) is 9.95. The van der Waals surface area contributed by atoms with E-state index in [-0.39, 0.29) is 11.9 Å². The molecule has 7 nitrogen and oxygen atoms in total. The van der Waals surface area contributed by atoms with E-state index in [2.05, 4.69) is 57.0 Å². The second kappa shape index (κ2) is 9.32. The number of benzene rings is 2. The zero-order valence-corrected chi connectivity index (χ0v) is 19.6. The fraction of sp³-hybridized carbons (Fsp3) is 0.269. The summed E-state index contributed by atoms with van der Waals surface area (Å²) in [4.78, 5) is 17.9. The lowest BCUT2D eigenvalue weighted by atomic mass is 10.00. The third kappa shape index (κ3) is 4.82. The summed E-state index contributed by atoms with van der Waals surface area (Å²) < 4.78 is 1.69. The van der Waals surface area contributed by atoms with Crippen molar-refractivity contribution in [3.63, 3.8) is 0 Å². The highest BCUT2D eigenvalue weighted by molar-refractivity contribution is 5.96. The van der Waals surface area contributed by atoms with Gasteiger partial charge in [-0.25, -0.2) is 0 Å². The van der Waals surface area contributed by atoms with Crippen LogP contribution in [-0.2, 0) is 6.42 Å². The number of hydrogen-bond donors (Lipinski definition) is 1. The van der Waals surface area contributed by atoms with Gasteiger partial charge in [-0.15, -0.1) is 5.10 Å². The number of carbonyl (C=O) groups excluding carboxylic acids is 1. The number of rotatable bonds is 6. The molecule has 0 spiro atoms. The predicted molar refractivity (Wildman–Crippen MR) is 128 cm³/mol. The Bertz CT molecular complexity index is 1290. The van der Waals surface area contributed by atoms with E-state index in [1.54, 1.807) is 4.68 Å². The van der Waals surface area contributed by atoms with Crippen LogP contribution in [0.5, 0.6) is 0 Å². The molecule has 1 N–H and O–H groups in total. The van der Waals surface area contributed by atoms with Crippen molar-refractivity contribution in [1.82, 2.24) is 30.5 Å². The van der Waals surface area contributed by atoms with Crippen LogP contribution in [0, 0.1) is 20.8 Å². The van der Waals surface area contributed by atoms with E-state index < -0.39 is 0 Å². The third-order valence-corrected chi connectivity index (χ3v) is 5.74. The molecular formula is C26H28N6O. The summed E-state index contributed by atoms with van der Waals surface area (Å²) in [6.07, 6.45) is 0.681. The molecule has 33 heavy (non-hydrogen) atoms. The lowest BCUT2D eigenvalue weighted by molar-refractivity contribution is 0.0939. The van der Waals surface area contributed by atoms with Gasteiger partial charge in [0.05, 0.1) is 11.7 Å². The summed E-state index contributed by atoms with van der Waals surface area (Å²) in [5.41, 5.74) is 7.29. The van der Waals surface area contributed by atoms with Gasteiger partial charge < -0.3 is 5.32 Å². The molecule has 2 aromatic heterocycles. The van der Waals surface area contributed by atoms with Crippen LogP contribution in [0.1, 0.15) is 58.6 Å². The first kappa shape index (κ1) is 22.3. The fourth-order valence-corrected chi connectivity index (χ4v) is 3.92. The number of pyridine rings is 1. The zero-order valence-electron chi connectivity index (χ0n) is 19.6. The minimum absolute atomic E-state index is 0.163. The molecule has 7 heteroatoms. The lowest BCUT2D eigenvalue weighted by Gasteiger charge is -2.17. The number of amides is 1. The van der Waals surface area contributed by atoms with E-state index in [0.717, 1.165) is 39.6 Å². The van der Waals surface area contributed by atoms with E-state index in [1.165, 1.54) is 5.56 Å². The van der Waals surface area contributed by atoms with E-state index in [1.807, 2.05) is 58.0 Å². The maximum atomic E-state index is 13.3. The van der Waals surface area contributed by atoms with Crippen LogP contribution in [0.2, 0.25) is 0 Å². The van der Waals surface area contributed by atoms with Crippen LogP contribution in [0.25, 0.3) is 16.8 Å². The molecule has 2 aromatic carbocycles. The van der Waals surface area contributed by atoms with Crippen molar-refractivity contribution in [2.24, 2.45) is 0 Å². The summed E-state index contributed by atoms with van der Waals surface area (Å²) >= 11 is 0. The average Bonchev–Trinajstić information content (AvgIpc) is 3.28. The number of aromatic nitrogens is 5. The zero-order chi connectivity index (χ0) is 23.5. The number of hydrogen-bond acceptors (Lipinski definition) is 5. The molecule has 168 valence electrons. The topological polar surface area (TPSA) is 85.6 Å². The Hall–Kier alpha value is -3.87. The number of nitrogens with zero attached hydrogens (tertiary/aromatic N) is 5. The van der Waals surface area contributed by atoms with Crippen molar-refractivity contribution in [3.05, 3.63) is 88.5 Å². The molecule has 1 unspecified atom stereocenters. The molecule has 0 saturated carbocycles. The van der Waals surface area contributed by atoms with Gasteiger partial charge >= 0.3 is 0 Å². The maximum Gasteiger partial charge on any atom is 0.251 e.